The zero-order chi connectivity index (χ0) is 30.5. The van der Waals surface area contributed by atoms with Crippen molar-refractivity contribution in [3.8, 4) is 17.1 Å². The van der Waals surface area contributed by atoms with Crippen molar-refractivity contribution >= 4 is 31.7 Å². The topological polar surface area (TPSA) is 212 Å². The van der Waals surface area contributed by atoms with Crippen LogP contribution in [0.25, 0.3) is 11.4 Å². The Morgan fingerprint density at radius 3 is 2.45 bits per heavy atom. The van der Waals surface area contributed by atoms with Gasteiger partial charge in [-0.25, -0.2) is 16.8 Å². The molecule has 4 rings (SSSR count). The van der Waals surface area contributed by atoms with Crippen LogP contribution in [0.5, 0.6) is 5.75 Å². The Labute approximate surface area is 243 Å². The minimum Gasteiger partial charge on any atom is -0.506 e. The number of benzene rings is 2. The monoisotopic (exact) mass is 623 g/mol. The number of aliphatic carboxylic acids is 1. The molecule has 0 spiro atoms. The van der Waals surface area contributed by atoms with Crippen molar-refractivity contribution in [2.75, 3.05) is 37.2 Å². The Morgan fingerprint density at radius 1 is 1.12 bits per heavy atom. The van der Waals surface area contributed by atoms with Crippen LogP contribution in [0.2, 0.25) is 0 Å². The molecule has 1 aromatic heterocycles. The number of carbonyl (C=O) groups is 1. The third kappa shape index (κ3) is 8.25. The summed E-state index contributed by atoms with van der Waals surface area (Å²) in [4.78, 5) is 15.0. The largest absolute Gasteiger partial charge is 0.506 e. The average Bonchev–Trinajstić information content (AvgIpc) is 3.42. The molecule has 0 bridgehead atoms. The Balaban J connectivity index is 1.26. The quantitative estimate of drug-likeness (QED) is 0.172. The number of phenolic OH excluding ortho intramolecular Hbond substituents is 1. The second-order valence-corrected chi connectivity index (χ2v) is 13.8. The van der Waals surface area contributed by atoms with Crippen LogP contribution in [-0.4, -0.2) is 85.0 Å². The van der Waals surface area contributed by atoms with Gasteiger partial charge < -0.3 is 25.2 Å². The number of hydrogen-bond acceptors (Lipinski definition) is 11. The maximum Gasteiger partial charge on any atom is 0.303 e. The molecule has 1 aliphatic rings. The van der Waals surface area contributed by atoms with E-state index in [-0.39, 0.29) is 53.4 Å². The normalized spacial score (nSPS) is 15.9. The summed E-state index contributed by atoms with van der Waals surface area (Å²) in [5.41, 5.74) is 0.951. The Hall–Kier alpha value is -3.57. The van der Waals surface area contributed by atoms with Crippen molar-refractivity contribution < 1.29 is 41.5 Å². The summed E-state index contributed by atoms with van der Waals surface area (Å²) >= 11 is 0. The number of nitrogens with zero attached hydrogens (tertiary/aromatic N) is 3. The SMILES string of the molecule is CS(=O)(=O)Nc1cc(C(O)CNCC2CCN(S(=O)(=O)c3ccc(-c4noc(CCC(=O)O)n4)cc3)CC2)ccc1O. The molecule has 1 unspecified atom stereocenters. The van der Waals surface area contributed by atoms with Crippen LogP contribution in [0.4, 0.5) is 5.69 Å². The first kappa shape index (κ1) is 31.4. The number of carboxylic acid groups (broad SMARTS) is 1. The molecule has 42 heavy (non-hydrogen) atoms. The lowest BCUT2D eigenvalue weighted by atomic mass is 9.98. The number of hydrogen-bond donors (Lipinski definition) is 5. The summed E-state index contributed by atoms with van der Waals surface area (Å²) < 4.78 is 58.1. The molecular formula is C26H33N5O9S2. The summed E-state index contributed by atoms with van der Waals surface area (Å²) in [5, 5.41) is 36.2. The van der Waals surface area contributed by atoms with Gasteiger partial charge in [-0.2, -0.15) is 9.29 Å². The molecule has 1 atom stereocenters. The smallest absolute Gasteiger partial charge is 0.303 e. The number of aliphatic hydroxyl groups is 1. The van der Waals surface area contributed by atoms with E-state index in [1.54, 1.807) is 12.1 Å². The first-order valence-corrected chi connectivity index (χ1v) is 16.5. The maximum absolute atomic E-state index is 13.2. The van der Waals surface area contributed by atoms with Crippen molar-refractivity contribution in [3.05, 3.63) is 53.9 Å². The molecule has 5 N–H and O–H groups in total. The van der Waals surface area contributed by atoms with Gasteiger partial charge in [0, 0.05) is 31.6 Å². The fourth-order valence-corrected chi connectivity index (χ4v) is 6.58. The van der Waals surface area contributed by atoms with Gasteiger partial charge >= 0.3 is 5.97 Å². The van der Waals surface area contributed by atoms with Crippen LogP contribution < -0.4 is 10.0 Å². The van der Waals surface area contributed by atoms with Crippen LogP contribution in [0.15, 0.2) is 51.9 Å². The molecular weight excluding hydrogens is 590 g/mol. The predicted octanol–water partition coefficient (Wildman–Crippen LogP) is 1.55. The average molecular weight is 624 g/mol. The van der Waals surface area contributed by atoms with Gasteiger partial charge in [0.1, 0.15) is 5.75 Å². The van der Waals surface area contributed by atoms with Crippen LogP contribution in [0.3, 0.4) is 0 Å². The molecule has 0 radical (unpaired) electrons. The zero-order valence-electron chi connectivity index (χ0n) is 22.8. The second kappa shape index (κ2) is 13.2. The standard InChI is InChI=1S/C26H33N5O9S2/c1-41(36,37)30-21-14-19(4-7-22(21)32)23(33)16-27-15-17-10-12-31(13-11-17)42(38,39)20-5-2-18(3-6-20)26-28-24(40-29-26)8-9-25(34)35/h2-7,14,17,23,27,30,32-33H,8-13,15-16H2,1H3,(H,34,35). The molecule has 16 heteroatoms. The van der Waals surface area contributed by atoms with Gasteiger partial charge in [0.15, 0.2) is 0 Å². The van der Waals surface area contributed by atoms with Crippen molar-refractivity contribution in [1.82, 2.24) is 19.8 Å². The summed E-state index contributed by atoms with van der Waals surface area (Å²) in [6.07, 6.45) is 1.24. The van der Waals surface area contributed by atoms with Crippen molar-refractivity contribution in [2.24, 2.45) is 5.92 Å². The number of piperidine rings is 1. The summed E-state index contributed by atoms with van der Waals surface area (Å²) in [6.45, 7) is 1.44. The predicted molar refractivity (Wildman–Crippen MR) is 152 cm³/mol. The van der Waals surface area contributed by atoms with Gasteiger partial charge in [0.25, 0.3) is 0 Å². The Kier molecular flexibility index (Phi) is 9.83. The molecule has 1 aliphatic heterocycles. The number of nitrogens with one attached hydrogen (secondary N) is 2. The summed E-state index contributed by atoms with van der Waals surface area (Å²) in [6, 6.07) is 10.3. The highest BCUT2D eigenvalue weighted by molar-refractivity contribution is 7.92. The fraction of sp³-hybridized carbons (Fsp3) is 0.423. The maximum atomic E-state index is 13.2. The number of carboxylic acids is 1. The van der Waals surface area contributed by atoms with Crippen LogP contribution in [-0.2, 0) is 31.3 Å². The zero-order valence-corrected chi connectivity index (χ0v) is 24.4. The molecule has 0 aliphatic carbocycles. The van der Waals surface area contributed by atoms with Crippen molar-refractivity contribution in [1.29, 1.82) is 0 Å². The molecule has 228 valence electrons. The van der Waals surface area contributed by atoms with E-state index >= 15 is 0 Å². The number of rotatable bonds is 13. The Morgan fingerprint density at radius 2 is 1.81 bits per heavy atom. The number of sulfonamides is 2. The van der Waals surface area contributed by atoms with Gasteiger partial charge in [0.2, 0.25) is 31.8 Å². The number of aromatic hydroxyl groups is 1. The van der Waals surface area contributed by atoms with E-state index in [9.17, 15) is 31.8 Å². The molecule has 2 heterocycles. The minimum atomic E-state index is -3.71. The van der Waals surface area contributed by atoms with E-state index in [0.717, 1.165) is 6.26 Å². The lowest BCUT2D eigenvalue weighted by Gasteiger charge is -2.31. The highest BCUT2D eigenvalue weighted by atomic mass is 32.2. The van der Waals surface area contributed by atoms with Gasteiger partial charge in [-0.1, -0.05) is 11.2 Å². The second-order valence-electron chi connectivity index (χ2n) is 10.1. The van der Waals surface area contributed by atoms with E-state index in [1.165, 1.54) is 34.6 Å². The third-order valence-electron chi connectivity index (χ3n) is 6.82. The molecule has 3 aromatic rings. The minimum absolute atomic E-state index is 0.0193. The number of aryl methyl sites for hydroxylation is 1. The van der Waals surface area contributed by atoms with Gasteiger partial charge in [-0.05, 0) is 67.3 Å². The number of anilines is 1. The lowest BCUT2D eigenvalue weighted by Crippen LogP contribution is -2.41. The van der Waals surface area contributed by atoms with E-state index in [1.807, 2.05) is 0 Å². The Bertz CT molecular complexity index is 1600. The molecule has 1 fully saturated rings. The third-order valence-corrected chi connectivity index (χ3v) is 9.32. The van der Waals surface area contributed by atoms with E-state index in [2.05, 4.69) is 20.2 Å². The van der Waals surface area contributed by atoms with Crippen LogP contribution in [0.1, 0.15) is 36.8 Å². The number of aliphatic hydroxyl groups excluding tert-OH is 1. The summed E-state index contributed by atoms with van der Waals surface area (Å²) in [7, 11) is -7.31. The molecule has 14 nitrogen and oxygen atoms in total. The molecule has 0 amide bonds. The molecule has 0 saturated carbocycles. The van der Waals surface area contributed by atoms with Crippen molar-refractivity contribution in [2.45, 2.75) is 36.7 Å². The first-order chi connectivity index (χ1) is 19.8. The summed E-state index contributed by atoms with van der Waals surface area (Å²) in [5.74, 6) is -0.601. The number of phenols is 1. The lowest BCUT2D eigenvalue weighted by molar-refractivity contribution is -0.137. The van der Waals surface area contributed by atoms with Crippen LogP contribution in [0, 0.1) is 5.92 Å². The van der Waals surface area contributed by atoms with Gasteiger partial charge in [0.05, 0.1) is 29.4 Å². The highest BCUT2D eigenvalue weighted by Crippen LogP contribution is 2.28. The molecule has 2 aromatic carbocycles. The molecule has 1 saturated heterocycles. The number of aromatic nitrogens is 2. The highest BCUT2D eigenvalue weighted by Gasteiger charge is 2.29. The van der Waals surface area contributed by atoms with E-state index in [4.69, 9.17) is 9.63 Å². The fourth-order valence-electron chi connectivity index (χ4n) is 4.55. The van der Waals surface area contributed by atoms with Gasteiger partial charge in [-0.15, -0.1) is 0 Å². The van der Waals surface area contributed by atoms with Crippen molar-refractivity contribution in [3.63, 3.8) is 0 Å². The van der Waals surface area contributed by atoms with E-state index in [0.29, 0.717) is 43.6 Å². The first-order valence-electron chi connectivity index (χ1n) is 13.2. The van der Waals surface area contributed by atoms with E-state index < -0.39 is 32.1 Å². The van der Waals surface area contributed by atoms with Crippen LogP contribution >= 0.6 is 0 Å². The van der Waals surface area contributed by atoms with Gasteiger partial charge in [-0.3, -0.25) is 9.52 Å².